The van der Waals surface area contributed by atoms with E-state index in [-0.39, 0.29) is 6.42 Å². The molecule has 0 bridgehead atoms. The van der Waals surface area contributed by atoms with Gasteiger partial charge < -0.3 is 4.84 Å². The zero-order chi connectivity index (χ0) is 37.7. The molecule has 0 aliphatic rings. The van der Waals surface area contributed by atoms with Gasteiger partial charge in [0.15, 0.2) is 0 Å². The molecule has 1 N–H and O–H groups in total. The fourth-order valence-electron chi connectivity index (χ4n) is 7.79. The molecule has 2 atom stereocenters. The van der Waals surface area contributed by atoms with Crippen LogP contribution in [0.4, 0.5) is 0 Å². The number of fused-ring (bicyclic) bond motifs is 1. The molecule has 0 spiro atoms. The van der Waals surface area contributed by atoms with Crippen molar-refractivity contribution in [3.63, 3.8) is 0 Å². The maximum Gasteiger partial charge on any atom is 0.353 e. The van der Waals surface area contributed by atoms with Crippen molar-refractivity contribution in [2.45, 2.75) is 30.3 Å². The number of carbonyl (C=O) groups is 1. The van der Waals surface area contributed by atoms with Crippen molar-refractivity contribution in [1.29, 1.82) is 0 Å². The molecule has 270 valence electrons. The molecule has 1 heterocycles. The Balaban J connectivity index is 1.39. The Kier molecular flexibility index (Phi) is 10.1. The van der Waals surface area contributed by atoms with E-state index in [0.717, 1.165) is 43.9 Å². The molecule has 7 heteroatoms. The number of aromatic nitrogens is 3. The van der Waals surface area contributed by atoms with Gasteiger partial charge in [0, 0.05) is 15.4 Å². The fourth-order valence-corrected chi connectivity index (χ4v) is 8.09. The zero-order valence-electron chi connectivity index (χ0n) is 30.3. The van der Waals surface area contributed by atoms with Crippen molar-refractivity contribution in [3.8, 4) is 0 Å². The van der Waals surface area contributed by atoms with Gasteiger partial charge in [-0.3, -0.25) is 5.32 Å². The van der Waals surface area contributed by atoms with E-state index in [4.69, 9.17) is 16.4 Å². The van der Waals surface area contributed by atoms with Gasteiger partial charge in [-0.1, -0.05) is 193 Å². The summed E-state index contributed by atoms with van der Waals surface area (Å²) in [4.78, 5) is 22.5. The van der Waals surface area contributed by atoms with Crippen LogP contribution in [0.25, 0.3) is 11.0 Å². The highest BCUT2D eigenvalue weighted by molar-refractivity contribution is 6.31. The first-order valence-electron chi connectivity index (χ1n) is 18.3. The summed E-state index contributed by atoms with van der Waals surface area (Å²) < 4.78 is 0. The van der Waals surface area contributed by atoms with Crippen LogP contribution in [0.15, 0.2) is 194 Å². The number of aryl methyl sites for hydroxylation is 1. The maximum atomic E-state index is 15.3. The summed E-state index contributed by atoms with van der Waals surface area (Å²) in [6, 6.07) is 63.7. The Morgan fingerprint density at radius 2 is 1.00 bits per heavy atom. The number of rotatable bonds is 12. The normalized spacial score (nSPS) is 13.2. The highest BCUT2D eigenvalue weighted by Crippen LogP contribution is 2.47. The van der Waals surface area contributed by atoms with Crippen LogP contribution < -0.4 is 10.2 Å². The Morgan fingerprint density at radius 3 is 1.49 bits per heavy atom. The van der Waals surface area contributed by atoms with E-state index in [0.29, 0.717) is 16.1 Å². The summed E-state index contributed by atoms with van der Waals surface area (Å²) in [7, 11) is 0. The molecule has 6 nitrogen and oxygen atoms in total. The van der Waals surface area contributed by atoms with Crippen molar-refractivity contribution in [3.05, 3.63) is 238 Å². The zero-order valence-corrected chi connectivity index (χ0v) is 31.1. The first kappa shape index (κ1) is 35.7. The van der Waals surface area contributed by atoms with E-state index in [1.807, 2.05) is 115 Å². The van der Waals surface area contributed by atoms with Gasteiger partial charge >= 0.3 is 5.97 Å². The van der Waals surface area contributed by atoms with Crippen LogP contribution in [0.1, 0.15) is 45.4 Å². The summed E-state index contributed by atoms with van der Waals surface area (Å²) in [5.41, 5.74) is 6.04. The average Bonchev–Trinajstić information content (AvgIpc) is 3.65. The molecular weight excluding hydrogens is 700 g/mol. The molecule has 0 amide bonds. The Morgan fingerprint density at radius 1 is 0.582 bits per heavy atom. The van der Waals surface area contributed by atoms with Crippen molar-refractivity contribution in [1.82, 2.24) is 20.5 Å². The monoisotopic (exact) mass is 738 g/mol. The van der Waals surface area contributed by atoms with Crippen LogP contribution in [0, 0.1) is 6.92 Å². The highest BCUT2D eigenvalue weighted by atomic mass is 35.5. The van der Waals surface area contributed by atoms with E-state index < -0.39 is 23.0 Å². The Bertz CT molecular complexity index is 2380. The molecular formula is C48H39ClN4O2. The summed E-state index contributed by atoms with van der Waals surface area (Å²) >= 11 is 7.24. The van der Waals surface area contributed by atoms with Crippen LogP contribution in [-0.2, 0) is 15.7 Å². The van der Waals surface area contributed by atoms with Gasteiger partial charge in [-0.25, -0.2) is 4.79 Å². The van der Waals surface area contributed by atoms with Crippen LogP contribution in [0.3, 0.4) is 0 Å². The van der Waals surface area contributed by atoms with Gasteiger partial charge in [-0.2, -0.15) is 0 Å². The van der Waals surface area contributed by atoms with Crippen LogP contribution >= 0.6 is 11.6 Å². The first-order chi connectivity index (χ1) is 27.0. The number of hydrogen-bond donors (Lipinski definition) is 1. The molecule has 8 aromatic rings. The van der Waals surface area contributed by atoms with Crippen LogP contribution in [0.2, 0.25) is 5.02 Å². The largest absolute Gasteiger partial charge is 0.353 e. The summed E-state index contributed by atoms with van der Waals surface area (Å²) in [5, 5.41) is 13.6. The average molecular weight is 739 g/mol. The van der Waals surface area contributed by atoms with Crippen molar-refractivity contribution >= 4 is 28.6 Å². The number of halogens is 1. The summed E-state index contributed by atoms with van der Waals surface area (Å²) in [5.74, 6) is -0.563. The molecule has 0 saturated carbocycles. The second-order valence-corrected chi connectivity index (χ2v) is 14.1. The molecule has 1 aromatic heterocycles. The van der Waals surface area contributed by atoms with Crippen LogP contribution in [0.5, 0.6) is 0 Å². The van der Waals surface area contributed by atoms with Crippen molar-refractivity contribution in [2.24, 2.45) is 0 Å². The van der Waals surface area contributed by atoms with E-state index in [2.05, 4.69) is 101 Å². The maximum absolute atomic E-state index is 15.3. The quantitative estimate of drug-likeness (QED) is 0.127. The number of nitrogens with one attached hydrogen (secondary N) is 1. The second kappa shape index (κ2) is 15.6. The molecule has 0 aliphatic carbocycles. The minimum Gasteiger partial charge on any atom is -0.300 e. The number of carbonyl (C=O) groups excluding carboxylic acids is 1. The van der Waals surface area contributed by atoms with Crippen LogP contribution in [-0.4, -0.2) is 27.2 Å². The van der Waals surface area contributed by atoms with Gasteiger partial charge in [0.05, 0.1) is 5.54 Å². The van der Waals surface area contributed by atoms with E-state index in [1.165, 1.54) is 0 Å². The topological polar surface area (TPSA) is 69.0 Å². The molecule has 55 heavy (non-hydrogen) atoms. The Hall–Kier alpha value is -6.34. The first-order valence-corrected chi connectivity index (χ1v) is 18.7. The lowest BCUT2D eigenvalue weighted by Gasteiger charge is -2.43. The standard InChI is InChI=1S/C48H39ClN4O2/c1-35-30-32-37(33-31-35)47(36-18-6-2-7-19-36,41-26-14-15-27-42(41)49)34-45(46(54)55-53-51-43-28-16-17-29-44(43)52-53)50-48(38-20-8-3-9-21-38,39-22-10-4-11-23-39)40-24-12-5-13-25-40/h2-33,45,50H,34H2,1H3. The molecule has 0 aliphatic heterocycles. The summed E-state index contributed by atoms with van der Waals surface area (Å²) in [6.07, 6.45) is 0.206. The summed E-state index contributed by atoms with van der Waals surface area (Å²) in [6.45, 7) is 2.07. The number of benzene rings is 7. The minimum absolute atomic E-state index is 0.206. The third kappa shape index (κ3) is 6.94. The lowest BCUT2D eigenvalue weighted by molar-refractivity contribution is -0.151. The van der Waals surface area contributed by atoms with Crippen molar-refractivity contribution < 1.29 is 9.63 Å². The van der Waals surface area contributed by atoms with Gasteiger partial charge in [0.2, 0.25) is 0 Å². The predicted molar refractivity (Wildman–Crippen MR) is 219 cm³/mol. The smallest absolute Gasteiger partial charge is 0.300 e. The minimum atomic E-state index is -1.02. The van der Waals surface area contributed by atoms with Gasteiger partial charge in [0.25, 0.3) is 0 Å². The van der Waals surface area contributed by atoms with E-state index >= 15 is 4.79 Å². The van der Waals surface area contributed by atoms with Gasteiger partial charge in [-0.15, -0.1) is 10.2 Å². The predicted octanol–water partition coefficient (Wildman–Crippen LogP) is 9.72. The molecule has 8 rings (SSSR count). The van der Waals surface area contributed by atoms with E-state index in [9.17, 15) is 0 Å². The molecule has 0 fully saturated rings. The van der Waals surface area contributed by atoms with Crippen molar-refractivity contribution in [2.75, 3.05) is 0 Å². The molecule has 0 saturated heterocycles. The number of nitrogens with zero attached hydrogens (tertiary/aromatic N) is 3. The van der Waals surface area contributed by atoms with E-state index in [1.54, 1.807) is 0 Å². The fraction of sp³-hybridized carbons (Fsp3) is 0.104. The van der Waals surface area contributed by atoms with Gasteiger partial charge in [0.1, 0.15) is 17.1 Å². The second-order valence-electron chi connectivity index (χ2n) is 13.7. The highest BCUT2D eigenvalue weighted by Gasteiger charge is 2.47. The Labute approximate surface area is 326 Å². The molecule has 7 aromatic carbocycles. The third-order valence-electron chi connectivity index (χ3n) is 10.4. The lowest BCUT2D eigenvalue weighted by atomic mass is 9.65. The molecule has 2 unspecified atom stereocenters. The molecule has 0 radical (unpaired) electrons. The van der Waals surface area contributed by atoms with Gasteiger partial charge in [-0.05, 0) is 64.9 Å². The SMILES string of the molecule is Cc1ccc(C(CC(NC(c2ccccc2)(c2ccccc2)c2ccccc2)C(=O)On2nc3ccccc3n2)(c2ccccc2)c2ccccc2Cl)cc1. The third-order valence-corrected chi connectivity index (χ3v) is 10.7. The number of hydrogen-bond acceptors (Lipinski definition) is 5. The lowest BCUT2D eigenvalue weighted by Crippen LogP contribution is -2.56.